The Morgan fingerprint density at radius 3 is 2.60 bits per heavy atom. The normalized spacial score (nSPS) is 15.9. The quantitative estimate of drug-likeness (QED) is 0.623. The summed E-state index contributed by atoms with van der Waals surface area (Å²) in [7, 11) is 0. The summed E-state index contributed by atoms with van der Waals surface area (Å²) in [5.41, 5.74) is 1.80. The lowest BCUT2D eigenvalue weighted by Gasteiger charge is -2.37. The molecule has 1 saturated heterocycles. The van der Waals surface area contributed by atoms with Gasteiger partial charge in [-0.2, -0.15) is 4.68 Å². The molecule has 0 amide bonds. The van der Waals surface area contributed by atoms with Gasteiger partial charge in [0.25, 0.3) is 0 Å². The maximum Gasteiger partial charge on any atom is 0.323 e. The van der Waals surface area contributed by atoms with Gasteiger partial charge in [-0.05, 0) is 46.3 Å². The van der Waals surface area contributed by atoms with Gasteiger partial charge in [0.15, 0.2) is 13.5 Å². The van der Waals surface area contributed by atoms with E-state index in [1.54, 1.807) is 18.2 Å². The zero-order chi connectivity index (χ0) is 21.1. The highest BCUT2D eigenvalue weighted by atomic mass is 35.5. The fraction of sp³-hybridized carbons (Fsp3) is 0.222. The second-order valence-corrected chi connectivity index (χ2v) is 6.82. The highest BCUT2D eigenvalue weighted by Gasteiger charge is 2.32. The van der Waals surface area contributed by atoms with Crippen LogP contribution in [0.3, 0.4) is 0 Å². The molecule has 1 aliphatic rings. The number of hydrogen-bond donors (Lipinski definition) is 1. The summed E-state index contributed by atoms with van der Waals surface area (Å²) in [4.78, 5) is 23.1. The molecule has 0 spiro atoms. The van der Waals surface area contributed by atoms with E-state index in [1.807, 2.05) is 0 Å². The molecule has 0 saturated carbocycles. The first kappa shape index (κ1) is 20.2. The lowest BCUT2D eigenvalue weighted by Crippen LogP contribution is -2.51. The molecule has 1 N–H and O–H groups in total. The number of anilines is 1. The summed E-state index contributed by atoms with van der Waals surface area (Å²) in [6.07, 6.45) is 1.54. The average Bonchev–Trinajstić information content (AvgIpc) is 3.28. The number of carboxylic acids is 1. The van der Waals surface area contributed by atoms with Crippen molar-refractivity contribution in [1.82, 2.24) is 25.3 Å². The summed E-state index contributed by atoms with van der Waals surface area (Å²) >= 11 is 6.12. The second-order valence-electron chi connectivity index (χ2n) is 6.38. The average molecular weight is 435 g/mol. The number of tetrazole rings is 1. The molecular weight excluding hydrogens is 419 g/mol. The zero-order valence-electron chi connectivity index (χ0n) is 15.4. The van der Waals surface area contributed by atoms with Crippen LogP contribution in [0.2, 0.25) is 5.02 Å². The standard InChI is InChI=1S/C18H16ClFN6O4/c19-13-3-6-15(24-9-21-22-23-24)16(8-13)25-10-30-26(11-29-25)17(18(27)28)7-12-1-4-14(20)5-2-12/h1-6,8-9,17H,7,10-11H2,(H,27,28). The van der Waals surface area contributed by atoms with Crippen molar-refractivity contribution in [3.05, 3.63) is 65.2 Å². The molecule has 0 radical (unpaired) electrons. The van der Waals surface area contributed by atoms with Crippen molar-refractivity contribution < 1.29 is 24.0 Å². The third-order valence-electron chi connectivity index (χ3n) is 4.46. The van der Waals surface area contributed by atoms with Gasteiger partial charge >= 0.3 is 5.97 Å². The van der Waals surface area contributed by atoms with E-state index in [4.69, 9.17) is 21.3 Å². The van der Waals surface area contributed by atoms with Crippen molar-refractivity contribution in [2.45, 2.75) is 12.5 Å². The van der Waals surface area contributed by atoms with Gasteiger partial charge in [0.2, 0.25) is 0 Å². The summed E-state index contributed by atoms with van der Waals surface area (Å²) in [5.74, 6) is -1.48. The van der Waals surface area contributed by atoms with Crippen LogP contribution in [0.4, 0.5) is 10.1 Å². The number of halogens is 2. The third kappa shape index (κ3) is 4.39. The van der Waals surface area contributed by atoms with Crippen molar-refractivity contribution in [3.63, 3.8) is 0 Å². The lowest BCUT2D eigenvalue weighted by atomic mass is 10.1. The van der Waals surface area contributed by atoms with Gasteiger partial charge in [-0.3, -0.25) is 14.5 Å². The Bertz CT molecular complexity index is 1010. The van der Waals surface area contributed by atoms with E-state index in [1.165, 1.54) is 45.4 Å². The first-order valence-corrected chi connectivity index (χ1v) is 9.19. The molecule has 1 aromatic heterocycles. The number of hydroxylamine groups is 3. The monoisotopic (exact) mass is 434 g/mol. The van der Waals surface area contributed by atoms with Crippen molar-refractivity contribution >= 4 is 23.3 Å². The van der Waals surface area contributed by atoms with Gasteiger partial charge in [-0.1, -0.05) is 23.7 Å². The molecule has 1 unspecified atom stereocenters. The van der Waals surface area contributed by atoms with Crippen LogP contribution in [0.25, 0.3) is 5.69 Å². The van der Waals surface area contributed by atoms with Gasteiger partial charge in [0.1, 0.15) is 18.2 Å². The zero-order valence-corrected chi connectivity index (χ0v) is 16.2. The first-order chi connectivity index (χ1) is 14.5. The van der Waals surface area contributed by atoms with Gasteiger partial charge in [0.05, 0.1) is 11.4 Å². The van der Waals surface area contributed by atoms with Crippen LogP contribution in [0.15, 0.2) is 48.8 Å². The van der Waals surface area contributed by atoms with Gasteiger partial charge in [0, 0.05) is 11.4 Å². The number of hydrogen-bond acceptors (Lipinski definition) is 8. The fourth-order valence-electron chi connectivity index (χ4n) is 2.96. The minimum absolute atomic E-state index is 0.0946. The molecule has 2 aromatic carbocycles. The molecule has 1 atom stereocenters. The molecule has 4 rings (SSSR count). The number of aliphatic carboxylic acids is 1. The molecule has 0 bridgehead atoms. The van der Waals surface area contributed by atoms with Crippen LogP contribution < -0.4 is 5.06 Å². The highest BCUT2D eigenvalue weighted by molar-refractivity contribution is 6.31. The number of rotatable bonds is 6. The smallest absolute Gasteiger partial charge is 0.323 e. The second kappa shape index (κ2) is 8.71. The topological polar surface area (TPSA) is 106 Å². The van der Waals surface area contributed by atoms with Crippen molar-refractivity contribution in [3.8, 4) is 5.69 Å². The van der Waals surface area contributed by atoms with Crippen LogP contribution in [-0.4, -0.2) is 55.8 Å². The fourth-order valence-corrected chi connectivity index (χ4v) is 3.13. The van der Waals surface area contributed by atoms with Gasteiger partial charge in [-0.25, -0.2) is 9.45 Å². The van der Waals surface area contributed by atoms with Gasteiger partial charge in [-0.15, -0.1) is 10.2 Å². The Kier molecular flexibility index (Phi) is 5.86. The molecule has 2 heterocycles. The van der Waals surface area contributed by atoms with E-state index >= 15 is 0 Å². The molecule has 1 aliphatic heterocycles. The predicted octanol–water partition coefficient (Wildman–Crippen LogP) is 2.05. The van der Waals surface area contributed by atoms with E-state index < -0.39 is 17.8 Å². The molecule has 156 valence electrons. The highest BCUT2D eigenvalue weighted by Crippen LogP contribution is 2.29. The summed E-state index contributed by atoms with van der Waals surface area (Å²) in [6, 6.07) is 9.67. The van der Waals surface area contributed by atoms with Crippen LogP contribution >= 0.6 is 11.6 Å². The van der Waals surface area contributed by atoms with Crippen LogP contribution in [0.5, 0.6) is 0 Å². The molecule has 0 aliphatic carbocycles. The Morgan fingerprint density at radius 1 is 1.17 bits per heavy atom. The molecule has 10 nitrogen and oxygen atoms in total. The minimum Gasteiger partial charge on any atom is -0.480 e. The molecule has 30 heavy (non-hydrogen) atoms. The van der Waals surface area contributed by atoms with E-state index in [9.17, 15) is 14.3 Å². The number of benzene rings is 2. The van der Waals surface area contributed by atoms with Crippen molar-refractivity contribution in [2.24, 2.45) is 0 Å². The number of carboxylic acid groups (broad SMARTS) is 1. The van der Waals surface area contributed by atoms with Crippen molar-refractivity contribution in [1.29, 1.82) is 0 Å². The minimum atomic E-state index is -1.09. The summed E-state index contributed by atoms with van der Waals surface area (Å²) < 4.78 is 14.5. The SMILES string of the molecule is O=C(O)C(Cc1ccc(F)cc1)N1CON(c2cc(Cl)ccc2-n2cnnn2)CO1. The van der Waals surface area contributed by atoms with Gasteiger partial charge < -0.3 is 5.11 Å². The maximum atomic E-state index is 13.1. The Hall–Kier alpha value is -3.12. The Labute approximate surface area is 174 Å². The lowest BCUT2D eigenvalue weighted by molar-refractivity contribution is -0.282. The number of aromatic nitrogens is 4. The molecule has 1 fully saturated rings. The molecule has 12 heteroatoms. The van der Waals surface area contributed by atoms with Crippen molar-refractivity contribution in [2.75, 3.05) is 18.5 Å². The summed E-state index contributed by atoms with van der Waals surface area (Å²) in [5, 5.41) is 23.8. The summed E-state index contributed by atoms with van der Waals surface area (Å²) in [6.45, 7) is -0.248. The Balaban J connectivity index is 1.48. The van der Waals surface area contributed by atoms with Crippen LogP contribution in [-0.2, 0) is 20.9 Å². The van der Waals surface area contributed by atoms with E-state index in [-0.39, 0.29) is 19.9 Å². The predicted molar refractivity (Wildman–Crippen MR) is 102 cm³/mol. The Morgan fingerprint density at radius 2 is 1.97 bits per heavy atom. The number of carbonyl (C=O) groups is 1. The van der Waals surface area contributed by atoms with Crippen LogP contribution in [0, 0.1) is 5.82 Å². The van der Waals surface area contributed by atoms with E-state index in [0.29, 0.717) is 22.0 Å². The third-order valence-corrected chi connectivity index (χ3v) is 4.69. The van der Waals surface area contributed by atoms with E-state index in [2.05, 4.69) is 15.5 Å². The van der Waals surface area contributed by atoms with Crippen LogP contribution in [0.1, 0.15) is 5.56 Å². The van der Waals surface area contributed by atoms with E-state index in [0.717, 1.165) is 0 Å². The maximum absolute atomic E-state index is 13.1. The molecular formula is C18H16ClFN6O4. The molecule has 3 aromatic rings. The number of nitrogens with zero attached hydrogens (tertiary/aromatic N) is 6. The largest absolute Gasteiger partial charge is 0.480 e. The first-order valence-electron chi connectivity index (χ1n) is 8.81.